The van der Waals surface area contributed by atoms with Crippen molar-refractivity contribution in [1.82, 2.24) is 10.2 Å². The first-order chi connectivity index (χ1) is 5.63. The molecule has 5 heteroatoms. The lowest BCUT2D eigenvalue weighted by atomic mass is 10.1. The zero-order valence-corrected chi connectivity index (χ0v) is 6.91. The fourth-order valence-electron chi connectivity index (χ4n) is 1.10. The van der Waals surface area contributed by atoms with E-state index in [9.17, 15) is 9.59 Å². The summed E-state index contributed by atoms with van der Waals surface area (Å²) in [5.41, 5.74) is 0. The molecule has 12 heavy (non-hydrogen) atoms. The number of nitrogens with one attached hydrogen (secondary N) is 1. The number of carbonyl (C=O) groups is 2. The van der Waals surface area contributed by atoms with Gasteiger partial charge >= 0.3 is 0 Å². The average molecular weight is 172 g/mol. The van der Waals surface area contributed by atoms with Gasteiger partial charge in [0.05, 0.1) is 6.04 Å². The van der Waals surface area contributed by atoms with E-state index in [1.807, 2.05) is 0 Å². The maximum atomic E-state index is 10.7. The second-order valence-electron chi connectivity index (χ2n) is 2.85. The van der Waals surface area contributed by atoms with E-state index in [1.165, 1.54) is 6.92 Å². The molecule has 1 aliphatic rings. The van der Waals surface area contributed by atoms with Gasteiger partial charge in [-0.05, 0) is 0 Å². The second-order valence-corrected chi connectivity index (χ2v) is 2.85. The quantitative estimate of drug-likeness (QED) is 0.523. The maximum Gasteiger partial charge on any atom is 0.246 e. The topological polar surface area (TPSA) is 69.6 Å². The van der Waals surface area contributed by atoms with Crippen molar-refractivity contribution in [3.63, 3.8) is 0 Å². The van der Waals surface area contributed by atoms with E-state index >= 15 is 0 Å². The number of aliphatic hydroxyl groups excluding tert-OH is 1. The van der Waals surface area contributed by atoms with E-state index in [2.05, 4.69) is 5.32 Å². The molecule has 0 spiro atoms. The minimum Gasteiger partial charge on any atom is -0.387 e. The monoisotopic (exact) mass is 172 g/mol. The molecule has 1 aliphatic heterocycles. The highest BCUT2D eigenvalue weighted by Crippen LogP contribution is 2.06. The lowest BCUT2D eigenvalue weighted by molar-refractivity contribution is -0.136. The number of carbonyl (C=O) groups excluding carboxylic acids is 2. The smallest absolute Gasteiger partial charge is 0.246 e. The molecule has 0 atom stereocenters. The summed E-state index contributed by atoms with van der Waals surface area (Å²) in [6.07, 6.45) is 0. The number of nitrogens with zero attached hydrogens (tertiary/aromatic N) is 1. The van der Waals surface area contributed by atoms with Crippen LogP contribution >= 0.6 is 0 Å². The van der Waals surface area contributed by atoms with Gasteiger partial charge in [0.15, 0.2) is 0 Å². The molecule has 0 saturated carbocycles. The maximum absolute atomic E-state index is 10.7. The standard InChI is InChI=1S/C7H12N2O3/c1-5(11)9-2-6(3-9)8-7(12)4-10/h6,10H,2-4H2,1H3,(H,8,12). The molecule has 1 saturated heterocycles. The van der Waals surface area contributed by atoms with Gasteiger partial charge in [0.2, 0.25) is 11.8 Å². The predicted molar refractivity (Wildman–Crippen MR) is 41.3 cm³/mol. The van der Waals surface area contributed by atoms with Crippen LogP contribution < -0.4 is 5.32 Å². The Labute approximate surface area is 70.4 Å². The number of likely N-dealkylation sites (tertiary alicyclic amines) is 1. The average Bonchev–Trinajstić information content (AvgIpc) is 1.94. The number of hydrogen-bond donors (Lipinski definition) is 2. The largest absolute Gasteiger partial charge is 0.387 e. The van der Waals surface area contributed by atoms with Crippen LogP contribution in [0, 0.1) is 0 Å². The zero-order valence-electron chi connectivity index (χ0n) is 6.91. The Hall–Kier alpha value is -1.10. The van der Waals surface area contributed by atoms with E-state index in [-0.39, 0.29) is 17.9 Å². The fourth-order valence-corrected chi connectivity index (χ4v) is 1.10. The van der Waals surface area contributed by atoms with Crippen molar-refractivity contribution in [2.45, 2.75) is 13.0 Å². The Morgan fingerprint density at radius 3 is 2.58 bits per heavy atom. The van der Waals surface area contributed by atoms with Gasteiger partial charge in [-0.15, -0.1) is 0 Å². The molecule has 5 nitrogen and oxygen atoms in total. The molecule has 0 aliphatic carbocycles. The number of hydrogen-bond acceptors (Lipinski definition) is 3. The lowest BCUT2D eigenvalue weighted by Gasteiger charge is -2.38. The highest BCUT2D eigenvalue weighted by molar-refractivity contribution is 5.78. The molecule has 0 aromatic rings. The highest BCUT2D eigenvalue weighted by atomic mass is 16.3. The van der Waals surface area contributed by atoms with Gasteiger partial charge in [-0.2, -0.15) is 0 Å². The van der Waals surface area contributed by atoms with Gasteiger partial charge in [-0.3, -0.25) is 9.59 Å². The summed E-state index contributed by atoms with van der Waals surface area (Å²) in [6.45, 7) is 2.11. The van der Waals surface area contributed by atoms with Crippen LogP contribution in [0.4, 0.5) is 0 Å². The van der Waals surface area contributed by atoms with E-state index < -0.39 is 6.61 Å². The lowest BCUT2D eigenvalue weighted by Crippen LogP contribution is -2.60. The molecule has 0 unspecified atom stereocenters. The van der Waals surface area contributed by atoms with Gasteiger partial charge in [0.25, 0.3) is 0 Å². The van der Waals surface area contributed by atoms with E-state index in [1.54, 1.807) is 4.90 Å². The van der Waals surface area contributed by atoms with Crippen molar-refractivity contribution in [3.05, 3.63) is 0 Å². The zero-order chi connectivity index (χ0) is 9.14. The Bertz CT molecular complexity index is 199. The molecular weight excluding hydrogens is 160 g/mol. The molecule has 0 radical (unpaired) electrons. The third-order valence-corrected chi connectivity index (χ3v) is 1.84. The fraction of sp³-hybridized carbons (Fsp3) is 0.714. The molecule has 2 amide bonds. The molecule has 0 aromatic heterocycles. The van der Waals surface area contributed by atoms with Crippen LogP contribution in [0.2, 0.25) is 0 Å². The molecule has 1 heterocycles. The highest BCUT2D eigenvalue weighted by Gasteiger charge is 2.29. The van der Waals surface area contributed by atoms with E-state index in [0.717, 1.165) is 0 Å². The van der Waals surface area contributed by atoms with Crippen molar-refractivity contribution >= 4 is 11.8 Å². The third-order valence-electron chi connectivity index (χ3n) is 1.84. The summed E-state index contributed by atoms with van der Waals surface area (Å²) in [6, 6.07) is 0.0218. The Balaban J connectivity index is 2.17. The molecular formula is C7H12N2O3. The normalized spacial score (nSPS) is 17.0. The Morgan fingerprint density at radius 2 is 2.17 bits per heavy atom. The van der Waals surface area contributed by atoms with Crippen molar-refractivity contribution in [2.24, 2.45) is 0 Å². The molecule has 1 fully saturated rings. The summed E-state index contributed by atoms with van der Waals surface area (Å²) in [5.74, 6) is -0.368. The van der Waals surface area contributed by atoms with Crippen LogP contribution in [0.15, 0.2) is 0 Å². The van der Waals surface area contributed by atoms with Crippen LogP contribution in [0.3, 0.4) is 0 Å². The Kier molecular flexibility index (Phi) is 2.65. The van der Waals surface area contributed by atoms with Crippen molar-refractivity contribution in [3.8, 4) is 0 Å². The number of rotatable bonds is 2. The van der Waals surface area contributed by atoms with Gasteiger partial charge < -0.3 is 15.3 Å². The predicted octanol–water partition coefficient (Wildman–Crippen LogP) is -1.67. The molecule has 2 N–H and O–H groups in total. The second kappa shape index (κ2) is 3.53. The van der Waals surface area contributed by atoms with Crippen LogP contribution in [-0.2, 0) is 9.59 Å². The van der Waals surface area contributed by atoms with Crippen LogP contribution in [0.5, 0.6) is 0 Å². The van der Waals surface area contributed by atoms with Crippen molar-refractivity contribution in [2.75, 3.05) is 19.7 Å². The first-order valence-corrected chi connectivity index (χ1v) is 3.79. The van der Waals surface area contributed by atoms with Gasteiger partial charge in [-0.25, -0.2) is 0 Å². The molecule has 68 valence electrons. The van der Waals surface area contributed by atoms with Crippen molar-refractivity contribution < 1.29 is 14.7 Å². The third kappa shape index (κ3) is 1.94. The minimum absolute atomic E-state index is 0.0181. The molecule has 1 rings (SSSR count). The summed E-state index contributed by atoms with van der Waals surface area (Å²) in [7, 11) is 0. The SMILES string of the molecule is CC(=O)N1CC(NC(=O)CO)C1. The first kappa shape index (κ1) is 8.99. The van der Waals surface area contributed by atoms with Crippen LogP contribution in [-0.4, -0.2) is 47.6 Å². The molecule has 0 aromatic carbocycles. The van der Waals surface area contributed by atoms with Gasteiger partial charge in [-0.1, -0.05) is 0 Å². The summed E-state index contributed by atoms with van der Waals surface area (Å²) < 4.78 is 0. The van der Waals surface area contributed by atoms with E-state index in [0.29, 0.717) is 13.1 Å². The molecule has 0 bridgehead atoms. The summed E-state index contributed by atoms with van der Waals surface area (Å²) in [4.78, 5) is 22.9. The van der Waals surface area contributed by atoms with Crippen LogP contribution in [0.25, 0.3) is 0 Å². The summed E-state index contributed by atoms with van der Waals surface area (Å²) >= 11 is 0. The first-order valence-electron chi connectivity index (χ1n) is 3.79. The number of amides is 2. The van der Waals surface area contributed by atoms with Crippen molar-refractivity contribution in [1.29, 1.82) is 0 Å². The summed E-state index contributed by atoms with van der Waals surface area (Å²) in [5, 5.41) is 11.0. The van der Waals surface area contributed by atoms with E-state index in [4.69, 9.17) is 5.11 Å². The minimum atomic E-state index is -0.490. The Morgan fingerprint density at radius 1 is 1.58 bits per heavy atom. The number of aliphatic hydroxyl groups is 1. The van der Waals surface area contributed by atoms with Gasteiger partial charge in [0.1, 0.15) is 6.61 Å². The van der Waals surface area contributed by atoms with Crippen LogP contribution in [0.1, 0.15) is 6.92 Å². The van der Waals surface area contributed by atoms with Gasteiger partial charge in [0, 0.05) is 20.0 Å².